The van der Waals surface area contributed by atoms with Crippen LogP contribution in [0, 0.1) is 5.92 Å². The van der Waals surface area contributed by atoms with E-state index in [0.717, 1.165) is 16.5 Å². The molecule has 0 radical (unpaired) electrons. The lowest BCUT2D eigenvalue weighted by molar-refractivity contribution is 0.0647. The molecular weight excluding hydrogens is 314 g/mol. The average Bonchev–Trinajstić information content (AvgIpc) is 3.12. The van der Waals surface area contributed by atoms with E-state index < -0.39 is 0 Å². The number of ketones is 1. The highest BCUT2D eigenvalue weighted by molar-refractivity contribution is 6.04. The predicted octanol–water partition coefficient (Wildman–Crippen LogP) is 3.30. The van der Waals surface area contributed by atoms with Gasteiger partial charge in [0.2, 0.25) is 0 Å². The number of para-hydroxylation sites is 1. The molecular formula is C20H19N3O2. The molecule has 0 atom stereocenters. The molecule has 1 aliphatic heterocycles. The molecule has 2 heterocycles. The van der Waals surface area contributed by atoms with E-state index in [1.807, 2.05) is 54.6 Å². The molecule has 0 spiro atoms. The van der Waals surface area contributed by atoms with Crippen molar-refractivity contribution in [2.45, 2.75) is 12.8 Å². The Kier molecular flexibility index (Phi) is 4.06. The Hall–Kier alpha value is -2.95. The molecule has 1 fully saturated rings. The van der Waals surface area contributed by atoms with Crippen molar-refractivity contribution >= 4 is 22.6 Å². The van der Waals surface area contributed by atoms with Gasteiger partial charge in [0.05, 0.1) is 5.52 Å². The molecule has 1 aliphatic rings. The summed E-state index contributed by atoms with van der Waals surface area (Å²) < 4.78 is 0. The Morgan fingerprint density at radius 2 is 1.64 bits per heavy atom. The molecule has 1 N–H and O–H groups in total. The van der Waals surface area contributed by atoms with Gasteiger partial charge in [-0.05, 0) is 18.9 Å². The second-order valence-corrected chi connectivity index (χ2v) is 6.41. The maximum Gasteiger partial charge on any atom is 0.274 e. The van der Waals surface area contributed by atoms with E-state index >= 15 is 0 Å². The number of piperidine rings is 1. The molecule has 0 saturated carbocycles. The van der Waals surface area contributed by atoms with Crippen LogP contribution in [0.2, 0.25) is 0 Å². The number of aromatic amines is 1. The molecule has 0 aliphatic carbocycles. The number of carbonyl (C=O) groups excluding carboxylic acids is 2. The third-order valence-corrected chi connectivity index (χ3v) is 4.88. The van der Waals surface area contributed by atoms with Gasteiger partial charge in [-0.1, -0.05) is 48.5 Å². The van der Waals surface area contributed by atoms with Crippen molar-refractivity contribution in [3.05, 3.63) is 65.9 Å². The van der Waals surface area contributed by atoms with E-state index in [1.54, 1.807) is 4.90 Å². The van der Waals surface area contributed by atoms with Crippen LogP contribution in [0.5, 0.6) is 0 Å². The number of hydrogen-bond donors (Lipinski definition) is 1. The Morgan fingerprint density at radius 3 is 2.40 bits per heavy atom. The number of benzene rings is 2. The average molecular weight is 333 g/mol. The van der Waals surface area contributed by atoms with Gasteiger partial charge in [0, 0.05) is 30.0 Å². The lowest BCUT2D eigenvalue weighted by Crippen LogP contribution is -2.40. The van der Waals surface area contributed by atoms with Gasteiger partial charge < -0.3 is 4.90 Å². The summed E-state index contributed by atoms with van der Waals surface area (Å²) in [5.41, 5.74) is 2.08. The number of hydrogen-bond acceptors (Lipinski definition) is 3. The minimum atomic E-state index is -0.0666. The molecule has 1 saturated heterocycles. The van der Waals surface area contributed by atoms with Crippen molar-refractivity contribution in [3.63, 3.8) is 0 Å². The van der Waals surface area contributed by atoms with Gasteiger partial charge in [0.15, 0.2) is 11.5 Å². The number of H-pyrrole nitrogens is 1. The zero-order chi connectivity index (χ0) is 17.2. The Balaban J connectivity index is 1.45. The fourth-order valence-corrected chi connectivity index (χ4v) is 3.46. The molecule has 5 nitrogen and oxygen atoms in total. The number of carbonyl (C=O) groups is 2. The Bertz CT molecular complexity index is 909. The van der Waals surface area contributed by atoms with Crippen LogP contribution in [0.25, 0.3) is 10.9 Å². The molecule has 1 aromatic heterocycles. The predicted molar refractivity (Wildman–Crippen MR) is 95.5 cm³/mol. The normalized spacial score (nSPS) is 15.4. The van der Waals surface area contributed by atoms with Crippen LogP contribution in [0.15, 0.2) is 54.6 Å². The van der Waals surface area contributed by atoms with Crippen LogP contribution in [0.1, 0.15) is 33.7 Å². The number of aromatic nitrogens is 2. The molecule has 0 unspecified atom stereocenters. The van der Waals surface area contributed by atoms with Crippen molar-refractivity contribution in [3.8, 4) is 0 Å². The van der Waals surface area contributed by atoms with E-state index in [2.05, 4.69) is 10.2 Å². The van der Waals surface area contributed by atoms with E-state index in [9.17, 15) is 9.59 Å². The number of fused-ring (bicyclic) bond motifs is 1. The van der Waals surface area contributed by atoms with Gasteiger partial charge in [-0.15, -0.1) is 0 Å². The lowest BCUT2D eigenvalue weighted by Gasteiger charge is -2.31. The smallest absolute Gasteiger partial charge is 0.274 e. The number of nitrogens with zero attached hydrogens (tertiary/aromatic N) is 2. The topological polar surface area (TPSA) is 66.1 Å². The molecule has 5 heteroatoms. The monoisotopic (exact) mass is 333 g/mol. The highest BCUT2D eigenvalue weighted by atomic mass is 16.2. The number of Topliss-reactive ketones (excluding diaryl/α,β-unsaturated/α-hetero) is 1. The van der Waals surface area contributed by atoms with Gasteiger partial charge >= 0.3 is 0 Å². The van der Waals surface area contributed by atoms with Gasteiger partial charge in [-0.3, -0.25) is 14.7 Å². The van der Waals surface area contributed by atoms with E-state index in [4.69, 9.17) is 0 Å². The summed E-state index contributed by atoms with van der Waals surface area (Å²) in [6.45, 7) is 1.17. The minimum Gasteiger partial charge on any atom is -0.337 e. The van der Waals surface area contributed by atoms with Gasteiger partial charge in [0.1, 0.15) is 0 Å². The summed E-state index contributed by atoms with van der Waals surface area (Å²) in [4.78, 5) is 27.1. The molecule has 3 aromatic rings. The standard InChI is InChI=1S/C20H19N3O2/c24-19(14-6-2-1-3-7-14)15-10-12-23(13-11-15)20(25)18-16-8-4-5-9-17(16)21-22-18/h1-9,15H,10-13H2,(H,21,22). The zero-order valence-corrected chi connectivity index (χ0v) is 13.8. The summed E-state index contributed by atoms with van der Waals surface area (Å²) in [5, 5.41) is 7.94. The molecule has 4 rings (SSSR count). The Morgan fingerprint density at radius 1 is 0.960 bits per heavy atom. The summed E-state index contributed by atoms with van der Waals surface area (Å²) in [6.07, 6.45) is 1.39. The second kappa shape index (κ2) is 6.51. The maximum atomic E-state index is 12.8. The molecule has 1 amide bonds. The third kappa shape index (κ3) is 2.93. The van der Waals surface area contributed by atoms with Crippen molar-refractivity contribution in [1.82, 2.24) is 15.1 Å². The van der Waals surface area contributed by atoms with Crippen molar-refractivity contribution < 1.29 is 9.59 Å². The summed E-state index contributed by atoms with van der Waals surface area (Å²) in [5.74, 6) is 0.100. The van der Waals surface area contributed by atoms with Gasteiger partial charge in [-0.25, -0.2) is 0 Å². The fourth-order valence-electron chi connectivity index (χ4n) is 3.46. The highest BCUT2D eigenvalue weighted by Gasteiger charge is 2.29. The van der Waals surface area contributed by atoms with Crippen LogP contribution in [-0.4, -0.2) is 39.9 Å². The first-order valence-electron chi connectivity index (χ1n) is 8.55. The number of amides is 1. The number of rotatable bonds is 3. The first kappa shape index (κ1) is 15.6. The van der Waals surface area contributed by atoms with Gasteiger partial charge in [0.25, 0.3) is 5.91 Å². The van der Waals surface area contributed by atoms with Crippen molar-refractivity contribution in [1.29, 1.82) is 0 Å². The minimum absolute atomic E-state index is 0.0117. The molecule has 126 valence electrons. The lowest BCUT2D eigenvalue weighted by atomic mass is 9.89. The van der Waals surface area contributed by atoms with Crippen LogP contribution < -0.4 is 0 Å². The Labute approximate surface area is 145 Å². The van der Waals surface area contributed by atoms with Crippen LogP contribution in [-0.2, 0) is 0 Å². The van der Waals surface area contributed by atoms with E-state index in [0.29, 0.717) is 31.6 Å². The maximum absolute atomic E-state index is 12.8. The third-order valence-electron chi connectivity index (χ3n) is 4.88. The summed E-state index contributed by atoms with van der Waals surface area (Å²) >= 11 is 0. The summed E-state index contributed by atoms with van der Waals surface area (Å²) in [6, 6.07) is 17.0. The van der Waals surface area contributed by atoms with Crippen molar-refractivity contribution in [2.24, 2.45) is 5.92 Å². The number of likely N-dealkylation sites (tertiary alicyclic amines) is 1. The highest BCUT2D eigenvalue weighted by Crippen LogP contribution is 2.24. The first-order valence-corrected chi connectivity index (χ1v) is 8.55. The quantitative estimate of drug-likeness (QED) is 0.748. The van der Waals surface area contributed by atoms with Crippen LogP contribution in [0.4, 0.5) is 0 Å². The summed E-state index contributed by atoms with van der Waals surface area (Å²) in [7, 11) is 0. The van der Waals surface area contributed by atoms with Crippen LogP contribution >= 0.6 is 0 Å². The largest absolute Gasteiger partial charge is 0.337 e. The SMILES string of the molecule is O=C(c1ccccc1)C1CCN(C(=O)c2n[nH]c3ccccc23)CC1. The van der Waals surface area contributed by atoms with Crippen LogP contribution in [0.3, 0.4) is 0 Å². The second-order valence-electron chi connectivity index (χ2n) is 6.41. The zero-order valence-electron chi connectivity index (χ0n) is 13.8. The van der Waals surface area contributed by atoms with Gasteiger partial charge in [-0.2, -0.15) is 5.10 Å². The molecule has 2 aromatic carbocycles. The fraction of sp³-hybridized carbons (Fsp3) is 0.250. The van der Waals surface area contributed by atoms with E-state index in [1.165, 1.54) is 0 Å². The number of nitrogens with one attached hydrogen (secondary N) is 1. The van der Waals surface area contributed by atoms with Crippen molar-refractivity contribution in [2.75, 3.05) is 13.1 Å². The molecule has 25 heavy (non-hydrogen) atoms. The molecule has 0 bridgehead atoms. The van der Waals surface area contributed by atoms with E-state index in [-0.39, 0.29) is 17.6 Å². The first-order chi connectivity index (χ1) is 12.2.